The molecule has 1 saturated heterocycles. The van der Waals surface area contributed by atoms with E-state index in [1.165, 1.54) is 12.5 Å². The lowest BCUT2D eigenvalue weighted by Crippen LogP contribution is -2.42. The molecule has 3 amide bonds. The summed E-state index contributed by atoms with van der Waals surface area (Å²) < 4.78 is 4.98. The van der Waals surface area contributed by atoms with Gasteiger partial charge in [-0.25, -0.2) is 9.78 Å². The minimum Gasteiger partial charge on any atom is -0.472 e. The summed E-state index contributed by atoms with van der Waals surface area (Å²) in [6.45, 7) is 6.95. The number of carbonyl (C=O) groups is 2. The second kappa shape index (κ2) is 8.35. The number of nitrogens with one attached hydrogen (secondary N) is 1. The lowest BCUT2D eigenvalue weighted by molar-refractivity contribution is 0.0761. The minimum atomic E-state index is -0.110. The van der Waals surface area contributed by atoms with Crippen LogP contribution < -0.4 is 5.32 Å². The molecule has 140 valence electrons. The molecule has 0 unspecified atom stereocenters. The molecule has 0 radical (unpaired) electrons. The molecule has 0 aromatic carbocycles. The van der Waals surface area contributed by atoms with Gasteiger partial charge < -0.3 is 19.5 Å². The molecule has 0 spiro atoms. The van der Waals surface area contributed by atoms with Gasteiger partial charge in [0.15, 0.2) is 0 Å². The number of aromatic nitrogens is 1. The van der Waals surface area contributed by atoms with E-state index in [1.54, 1.807) is 27.2 Å². The van der Waals surface area contributed by atoms with Crippen LogP contribution in [0.15, 0.2) is 28.4 Å². The lowest BCUT2D eigenvalue weighted by Gasteiger charge is -2.22. The van der Waals surface area contributed by atoms with Gasteiger partial charge in [0.1, 0.15) is 6.26 Å². The Balaban J connectivity index is 1.50. The molecule has 0 aliphatic carbocycles. The highest BCUT2D eigenvalue weighted by atomic mass is 32.1. The number of rotatable bonds is 4. The Hall–Kier alpha value is -2.35. The predicted molar refractivity (Wildman–Crippen MR) is 99.2 cm³/mol. The van der Waals surface area contributed by atoms with E-state index in [0.717, 1.165) is 17.1 Å². The molecule has 8 heteroatoms. The van der Waals surface area contributed by atoms with Crippen LogP contribution in [0.1, 0.15) is 47.2 Å². The standard InChI is InChI=1S/C18H24N4O3S/c1-13(2)16-20-15(12-26-16)10-19-18(24)22-6-3-5-21(7-8-22)17(23)14-4-9-25-11-14/h4,9,11-13H,3,5-8,10H2,1-2H3,(H,19,24). The number of urea groups is 1. The van der Waals surface area contributed by atoms with E-state index in [1.807, 2.05) is 5.38 Å². The Morgan fingerprint density at radius 1 is 1.27 bits per heavy atom. The fourth-order valence-corrected chi connectivity index (χ4v) is 3.67. The van der Waals surface area contributed by atoms with Crippen LogP contribution in [0, 0.1) is 0 Å². The van der Waals surface area contributed by atoms with Gasteiger partial charge in [-0.15, -0.1) is 11.3 Å². The van der Waals surface area contributed by atoms with Gasteiger partial charge in [0, 0.05) is 37.5 Å². The van der Waals surface area contributed by atoms with Gasteiger partial charge in [-0.1, -0.05) is 13.8 Å². The largest absolute Gasteiger partial charge is 0.472 e. The van der Waals surface area contributed by atoms with E-state index < -0.39 is 0 Å². The van der Waals surface area contributed by atoms with Gasteiger partial charge >= 0.3 is 6.03 Å². The van der Waals surface area contributed by atoms with Crippen LogP contribution >= 0.6 is 11.3 Å². The first-order valence-corrected chi connectivity index (χ1v) is 9.71. The molecule has 0 atom stereocenters. The number of thiazole rings is 1. The van der Waals surface area contributed by atoms with Gasteiger partial charge in [-0.3, -0.25) is 4.79 Å². The van der Waals surface area contributed by atoms with Crippen molar-refractivity contribution < 1.29 is 14.0 Å². The first kappa shape index (κ1) is 18.4. The average molecular weight is 376 g/mol. The van der Waals surface area contributed by atoms with E-state index >= 15 is 0 Å². The summed E-state index contributed by atoms with van der Waals surface area (Å²) in [5.74, 6) is 0.346. The van der Waals surface area contributed by atoms with Crippen LogP contribution in [-0.4, -0.2) is 52.9 Å². The van der Waals surface area contributed by atoms with Crippen LogP contribution in [-0.2, 0) is 6.54 Å². The molecular formula is C18H24N4O3S. The molecule has 3 heterocycles. The number of hydrogen-bond acceptors (Lipinski definition) is 5. The van der Waals surface area contributed by atoms with Crippen molar-refractivity contribution in [1.29, 1.82) is 0 Å². The van der Waals surface area contributed by atoms with Gasteiger partial charge in [0.25, 0.3) is 5.91 Å². The highest BCUT2D eigenvalue weighted by Crippen LogP contribution is 2.19. The van der Waals surface area contributed by atoms with Crippen molar-refractivity contribution in [2.45, 2.75) is 32.7 Å². The van der Waals surface area contributed by atoms with Crippen molar-refractivity contribution in [1.82, 2.24) is 20.1 Å². The molecule has 0 saturated carbocycles. The van der Waals surface area contributed by atoms with Crippen molar-refractivity contribution >= 4 is 23.3 Å². The summed E-state index contributed by atoms with van der Waals surface area (Å²) >= 11 is 1.62. The summed E-state index contributed by atoms with van der Waals surface area (Å²) in [5.41, 5.74) is 1.44. The van der Waals surface area contributed by atoms with Gasteiger partial charge in [0.05, 0.1) is 29.1 Å². The third kappa shape index (κ3) is 4.43. The van der Waals surface area contributed by atoms with Crippen molar-refractivity contribution in [3.05, 3.63) is 40.2 Å². The lowest BCUT2D eigenvalue weighted by atomic mass is 10.2. The van der Waals surface area contributed by atoms with Crippen molar-refractivity contribution in [2.75, 3.05) is 26.2 Å². The summed E-state index contributed by atoms with van der Waals surface area (Å²) in [5, 5.41) is 6.00. The quantitative estimate of drug-likeness (QED) is 0.890. The second-order valence-corrected chi connectivity index (χ2v) is 7.52. The number of carbonyl (C=O) groups excluding carboxylic acids is 2. The summed E-state index contributed by atoms with van der Waals surface area (Å²) in [7, 11) is 0. The third-order valence-electron chi connectivity index (χ3n) is 4.32. The molecule has 0 bridgehead atoms. The van der Waals surface area contributed by atoms with Crippen LogP contribution in [0.5, 0.6) is 0 Å². The van der Waals surface area contributed by atoms with Crippen LogP contribution in [0.3, 0.4) is 0 Å². The molecule has 2 aromatic rings. The second-order valence-electron chi connectivity index (χ2n) is 6.64. The normalized spacial score (nSPS) is 15.2. The van der Waals surface area contributed by atoms with Crippen molar-refractivity contribution in [3.8, 4) is 0 Å². The number of nitrogens with zero attached hydrogens (tertiary/aromatic N) is 3. The number of amides is 3. The van der Waals surface area contributed by atoms with Crippen molar-refractivity contribution in [3.63, 3.8) is 0 Å². The van der Waals surface area contributed by atoms with Gasteiger partial charge in [-0.05, 0) is 12.5 Å². The Labute approximate surface area is 157 Å². The van der Waals surface area contributed by atoms with Crippen LogP contribution in [0.4, 0.5) is 4.79 Å². The molecule has 26 heavy (non-hydrogen) atoms. The predicted octanol–water partition coefficient (Wildman–Crippen LogP) is 2.92. The fraction of sp³-hybridized carbons (Fsp3) is 0.500. The van der Waals surface area contributed by atoms with E-state index in [9.17, 15) is 9.59 Å². The number of furan rings is 1. The zero-order valence-corrected chi connectivity index (χ0v) is 15.9. The zero-order valence-electron chi connectivity index (χ0n) is 15.1. The first-order valence-electron chi connectivity index (χ1n) is 8.83. The fourth-order valence-electron chi connectivity index (χ4n) is 2.84. The van der Waals surface area contributed by atoms with E-state index in [4.69, 9.17) is 4.42 Å². The zero-order chi connectivity index (χ0) is 18.5. The molecule has 7 nitrogen and oxygen atoms in total. The summed E-state index contributed by atoms with van der Waals surface area (Å²) in [4.78, 5) is 32.9. The Morgan fingerprint density at radius 3 is 2.73 bits per heavy atom. The average Bonchev–Trinajstić information content (AvgIpc) is 3.26. The van der Waals surface area contributed by atoms with E-state index in [-0.39, 0.29) is 11.9 Å². The topological polar surface area (TPSA) is 78.7 Å². The summed E-state index contributed by atoms with van der Waals surface area (Å²) in [6, 6.07) is 1.55. The molecule has 1 aliphatic rings. The van der Waals surface area contributed by atoms with E-state index in [2.05, 4.69) is 24.1 Å². The Morgan fingerprint density at radius 2 is 2.04 bits per heavy atom. The van der Waals surface area contributed by atoms with Gasteiger partial charge in [0.2, 0.25) is 0 Å². The first-order chi connectivity index (χ1) is 12.5. The molecule has 1 fully saturated rings. The van der Waals surface area contributed by atoms with Gasteiger partial charge in [-0.2, -0.15) is 0 Å². The summed E-state index contributed by atoms with van der Waals surface area (Å²) in [6.07, 6.45) is 3.70. The Bertz CT molecular complexity index is 741. The number of hydrogen-bond donors (Lipinski definition) is 1. The maximum absolute atomic E-state index is 12.4. The minimum absolute atomic E-state index is 0.0512. The molecule has 1 N–H and O–H groups in total. The molecule has 2 aromatic heterocycles. The smallest absolute Gasteiger partial charge is 0.317 e. The third-order valence-corrected chi connectivity index (χ3v) is 5.52. The molecular weight excluding hydrogens is 352 g/mol. The SMILES string of the molecule is CC(C)c1nc(CNC(=O)N2CCCN(C(=O)c3ccoc3)CC2)cs1. The van der Waals surface area contributed by atoms with Crippen molar-refractivity contribution in [2.24, 2.45) is 0 Å². The monoisotopic (exact) mass is 376 g/mol. The maximum Gasteiger partial charge on any atom is 0.317 e. The highest BCUT2D eigenvalue weighted by Gasteiger charge is 2.23. The maximum atomic E-state index is 12.4. The molecule has 3 rings (SSSR count). The highest BCUT2D eigenvalue weighted by molar-refractivity contribution is 7.09. The Kier molecular flexibility index (Phi) is 5.92. The molecule has 1 aliphatic heterocycles. The van der Waals surface area contributed by atoms with Crippen LogP contribution in [0.25, 0.3) is 0 Å². The van der Waals surface area contributed by atoms with Crippen LogP contribution in [0.2, 0.25) is 0 Å². The van der Waals surface area contributed by atoms with E-state index in [0.29, 0.717) is 44.2 Å².